The smallest absolute Gasteiger partial charge is 0.427 e. The van der Waals surface area contributed by atoms with E-state index >= 15 is 0 Å². The van der Waals surface area contributed by atoms with Crippen molar-refractivity contribution < 1.29 is 75.1 Å². The van der Waals surface area contributed by atoms with Gasteiger partial charge in [0, 0.05) is 15.1 Å². The average Bonchev–Trinajstić information content (AvgIpc) is 1.60. The Morgan fingerprint density at radius 3 is 0.588 bits per heavy atom. The summed E-state index contributed by atoms with van der Waals surface area (Å²) >= 11 is 22.1. The van der Waals surface area contributed by atoms with Gasteiger partial charge in [-0.2, -0.15) is 0 Å². The van der Waals surface area contributed by atoms with Crippen molar-refractivity contribution >= 4 is 87.2 Å². The molecule has 0 radical (unpaired) electrons. The second-order valence-corrected chi connectivity index (χ2v) is 31.0. The van der Waals surface area contributed by atoms with Crippen molar-refractivity contribution in [2.75, 3.05) is 28.7 Å². The number of hydrogen-bond acceptors (Lipinski definition) is 21. The van der Waals surface area contributed by atoms with Crippen LogP contribution in [-0.4, -0.2) is 185 Å². The van der Waals surface area contributed by atoms with Crippen LogP contribution >= 0.6 is 46.4 Å². The van der Waals surface area contributed by atoms with E-state index in [0.29, 0.717) is 40.4 Å². The molecule has 119 heavy (non-hydrogen) atoms. The van der Waals surface area contributed by atoms with Crippen molar-refractivity contribution in [3.8, 4) is 0 Å². The van der Waals surface area contributed by atoms with Gasteiger partial charge in [0.05, 0.1) is 84.7 Å². The summed E-state index contributed by atoms with van der Waals surface area (Å²) in [6, 6.07) is 38.4. The van der Waals surface area contributed by atoms with Gasteiger partial charge in [0.2, 0.25) is 5.28 Å². The summed E-state index contributed by atoms with van der Waals surface area (Å²) in [6.07, 6.45) is 0. The van der Waals surface area contributed by atoms with E-state index in [4.69, 9.17) is 104 Å². The molecule has 3 aromatic heterocycles. The summed E-state index contributed by atoms with van der Waals surface area (Å²) in [5.74, 6) is 6.07. The van der Waals surface area contributed by atoms with Gasteiger partial charge in [-0.1, -0.05) is 175 Å². The minimum absolute atomic E-state index is 0.0648. The zero-order chi connectivity index (χ0) is 95.6. The van der Waals surface area contributed by atoms with Crippen LogP contribution in [0.1, 0.15) is 240 Å². The van der Waals surface area contributed by atoms with E-state index in [9.17, 15) is 17.6 Å². The molecule has 4 aliphatic rings. The first-order valence-electron chi connectivity index (χ1n) is 39.4. The van der Waals surface area contributed by atoms with Crippen molar-refractivity contribution in [1.29, 1.82) is 0 Å². The van der Waals surface area contributed by atoms with E-state index in [0.717, 1.165) is 55.5 Å². The Kier molecular flexibility index (Phi) is 71.9. The molecule has 21 nitrogen and oxygen atoms in total. The molecule has 0 aliphatic carbocycles. The summed E-state index contributed by atoms with van der Waals surface area (Å²) in [5.41, 5.74) is -3.21. The number of rotatable bonds is 3. The Morgan fingerprint density at radius 2 is 0.454 bits per heavy atom. The molecule has 34 heteroatoms. The van der Waals surface area contributed by atoms with E-state index in [1.54, 1.807) is 41.5 Å². The monoisotopic (exact) mass is 1760 g/mol. The van der Waals surface area contributed by atoms with Crippen LogP contribution < -0.4 is 5.46 Å². The molecule has 7 heterocycles. The van der Waals surface area contributed by atoms with Crippen molar-refractivity contribution in [2.45, 2.75) is 319 Å². The first-order chi connectivity index (χ1) is 54.9. The number of aromatic nitrogens is 9. The topological polar surface area (TPSA) is 271 Å². The first kappa shape index (κ1) is 129. The number of aliphatic hydroxyl groups is 2. The standard InChI is InChI=1S/C12H24B2O4.C12H17BO2.C7H15BO2.3C6H5Cl.2C6H9N3.C6H14O2.C5H6ClN3.4C2H6.CH5BO2.4CH3F/c1-9(2)10(3,4)16-13(15-9)14-17-11(5,6)12(7,8)18-14;1-11(2)12(3,4)15-13(14-11)10-8-6-5-7-9-10;1-6(2)7(3,4)10-8(5)9-6;3*7-6-4-2-1-3-5-6;2*1-4-7-5(2)9-6(3)8-4;1-5(2,7)6(3,4)8;1-3-7-4(2)9-5(6)8-3;4*1-2;1-2(3)4;4*1-2/h1-8H3;5-9H,1-4H3;1-5H3;3*1-5H;2*1-3H3;7-8H,1-4H3;1-2H3;4*1-2H3;3-4H,1H3;4*1H3. The maximum atomic E-state index is 9.50. The summed E-state index contributed by atoms with van der Waals surface area (Å²) in [5, 5.41) is 36.1. The molecule has 4 aliphatic heterocycles. The van der Waals surface area contributed by atoms with Crippen molar-refractivity contribution in [3.63, 3.8) is 0 Å². The highest BCUT2D eigenvalue weighted by Crippen LogP contribution is 2.43. The lowest BCUT2D eigenvalue weighted by Crippen LogP contribution is -2.44. The zero-order valence-electron chi connectivity index (χ0n) is 80.0. The highest BCUT2D eigenvalue weighted by atomic mass is 35.5. The van der Waals surface area contributed by atoms with Gasteiger partial charge in [-0.05, 0) is 261 Å². The number of nitrogens with zero attached hydrogens (tertiary/aromatic N) is 9. The predicted molar refractivity (Wildman–Crippen MR) is 495 cm³/mol. The van der Waals surface area contributed by atoms with Crippen molar-refractivity contribution in [1.82, 2.24) is 44.9 Å². The van der Waals surface area contributed by atoms with Crippen LogP contribution in [0.4, 0.5) is 17.6 Å². The molecule has 4 N–H and O–H groups in total. The Morgan fingerprint density at radius 1 is 0.303 bits per heavy atom. The highest BCUT2D eigenvalue weighted by Gasteiger charge is 2.64. The minimum Gasteiger partial charge on any atom is -0.427 e. The summed E-state index contributed by atoms with van der Waals surface area (Å²) in [6.45, 7) is 72.9. The summed E-state index contributed by atoms with van der Waals surface area (Å²) in [7, 11) is -0.423. The first-order valence-corrected chi connectivity index (χ1v) is 41.0. The van der Waals surface area contributed by atoms with Crippen LogP contribution in [0.15, 0.2) is 121 Å². The number of benzene rings is 4. The predicted octanol–water partition coefficient (Wildman–Crippen LogP) is 21.8. The molecule has 0 saturated carbocycles. The SMILES string of the molecule is CB(O)O.CB1OC(C)(C)C(C)(C)O1.CC.CC.CC.CC.CC(C)(O)C(C)(C)O.CC1(C)OB(B2OC(C)(C)C(C)(C)O2)OC1(C)C.CC1(C)OB(c2ccccc2)OC1(C)C.CF.CF.CF.CF.Cc1nc(C)nc(C)n1.Cc1nc(C)nc(C)n1.Cc1nc(C)nc(Cl)n1.Clc1ccccc1.Clc1ccccc1.Clc1ccccc1. The number of halogens is 8. The third-order valence-electron chi connectivity index (χ3n) is 16.9. The molecule has 0 unspecified atom stereocenters. The molecule has 4 fully saturated rings. The Balaban J connectivity index is -0.000000189. The van der Waals surface area contributed by atoms with Gasteiger partial charge in [-0.25, -0.2) is 44.9 Å². The average molecular weight is 1760 g/mol. The minimum atomic E-state index is -1.17. The molecular formula is C85H150B5Cl4F4N9O12. The quantitative estimate of drug-likeness (QED) is 0.0945. The fourth-order valence-corrected chi connectivity index (χ4v) is 8.78. The van der Waals surface area contributed by atoms with E-state index in [1.165, 1.54) is 6.82 Å². The third kappa shape index (κ3) is 56.9. The molecule has 0 spiro atoms. The highest BCUT2D eigenvalue weighted by molar-refractivity contribution is 7.11. The van der Waals surface area contributed by atoms with Crippen LogP contribution in [0.2, 0.25) is 34.0 Å². The fraction of sp³-hybridized carbons (Fsp3) is 0.612. The van der Waals surface area contributed by atoms with E-state index in [-0.39, 0.29) is 64.3 Å². The molecule has 0 atom stereocenters. The van der Waals surface area contributed by atoms with E-state index in [1.807, 2.05) is 280 Å². The molecule has 0 amide bonds. The van der Waals surface area contributed by atoms with Gasteiger partial charge in [0.15, 0.2) is 0 Å². The number of aryl methyl sites for hydroxylation is 8. The van der Waals surface area contributed by atoms with Gasteiger partial charge in [-0.15, -0.1) is 0 Å². The number of alkyl halides is 4. The van der Waals surface area contributed by atoms with Gasteiger partial charge in [0.25, 0.3) is 0 Å². The van der Waals surface area contributed by atoms with Crippen molar-refractivity contribution in [3.05, 3.63) is 188 Å². The van der Waals surface area contributed by atoms with Crippen LogP contribution in [0.25, 0.3) is 0 Å². The zero-order valence-corrected chi connectivity index (χ0v) is 83.1. The summed E-state index contributed by atoms with van der Waals surface area (Å²) < 4.78 is 84.8. The second-order valence-electron chi connectivity index (χ2n) is 29.4. The maximum absolute atomic E-state index is 9.50. The van der Waals surface area contributed by atoms with Gasteiger partial charge < -0.3 is 57.5 Å². The summed E-state index contributed by atoms with van der Waals surface area (Å²) in [4.78, 5) is 35.6. The van der Waals surface area contributed by atoms with E-state index in [2.05, 4.69) is 100 Å². The molecule has 0 bridgehead atoms. The number of hydrogen-bond donors (Lipinski definition) is 4. The largest absolute Gasteiger partial charge is 0.494 e. The lowest BCUT2D eigenvalue weighted by molar-refractivity contribution is -0.107. The molecule has 4 saturated heterocycles. The van der Waals surface area contributed by atoms with Crippen molar-refractivity contribution in [2.24, 2.45) is 0 Å². The Bertz CT molecular complexity index is 3140. The molecular weight excluding hydrogens is 1610 g/mol. The second kappa shape index (κ2) is 66.2. The van der Waals surface area contributed by atoms with E-state index < -0.39 is 32.3 Å². The van der Waals surface area contributed by atoms with Crippen LogP contribution in [-0.2, 0) is 37.2 Å². The van der Waals surface area contributed by atoms with Crippen LogP contribution in [0, 0.1) is 55.4 Å². The molecule has 4 aromatic carbocycles. The molecule has 7 aromatic rings. The normalized spacial score (nSPS) is 15.5. The van der Waals surface area contributed by atoms with Gasteiger partial charge in [-0.3, -0.25) is 17.6 Å². The Hall–Kier alpha value is -5.37. The molecule has 678 valence electrons. The fourth-order valence-electron chi connectivity index (χ4n) is 8.10. The van der Waals surface area contributed by atoms with Gasteiger partial charge >= 0.3 is 35.4 Å². The Labute approximate surface area is 738 Å². The lowest BCUT2D eigenvalue weighted by Gasteiger charge is -2.32. The van der Waals surface area contributed by atoms with Crippen LogP contribution in [0.3, 0.4) is 0 Å². The maximum Gasteiger partial charge on any atom is 0.494 e. The lowest BCUT2D eigenvalue weighted by atomic mass is 9.49. The third-order valence-corrected chi connectivity index (χ3v) is 17.9. The molecule has 11 rings (SSSR count). The van der Waals surface area contributed by atoms with Gasteiger partial charge in [0.1, 0.15) is 46.6 Å². The van der Waals surface area contributed by atoms with Crippen LogP contribution in [0.5, 0.6) is 0 Å².